The number of rotatable bonds is 5. The number of hydrogen-bond donors (Lipinski definition) is 1. The minimum Gasteiger partial charge on any atom is -0.496 e. The Hall–Kier alpha value is -3.24. The number of nitrogens with one attached hydrogen (secondary N) is 1. The van der Waals surface area contributed by atoms with Crippen LogP contribution in [-0.4, -0.2) is 33.2 Å². The molecule has 1 aliphatic heterocycles. The van der Waals surface area contributed by atoms with Crippen molar-refractivity contribution in [3.63, 3.8) is 0 Å². The van der Waals surface area contributed by atoms with Crippen LogP contribution < -0.4 is 10.2 Å². The summed E-state index contributed by atoms with van der Waals surface area (Å²) in [5, 5.41) is 12.0. The average molecular weight is 415 g/mol. The summed E-state index contributed by atoms with van der Waals surface area (Å²) in [6.45, 7) is 0. The number of benzene rings is 2. The molecule has 0 aromatic heterocycles. The molecule has 0 bridgehead atoms. The first-order chi connectivity index (χ1) is 13.4. The molecule has 0 unspecified atom stereocenters. The van der Waals surface area contributed by atoms with Crippen LogP contribution >= 0.6 is 24.0 Å². The van der Waals surface area contributed by atoms with Gasteiger partial charge in [-0.3, -0.25) is 25.1 Å². The smallest absolute Gasteiger partial charge is 0.285 e. The van der Waals surface area contributed by atoms with Gasteiger partial charge >= 0.3 is 0 Å². The molecule has 1 heterocycles. The Morgan fingerprint density at radius 3 is 2.64 bits per heavy atom. The van der Waals surface area contributed by atoms with Crippen molar-refractivity contribution >= 4 is 51.9 Å². The normalized spacial score (nSPS) is 15.0. The molecule has 2 amide bonds. The van der Waals surface area contributed by atoms with Crippen LogP contribution in [0.1, 0.15) is 15.9 Å². The highest BCUT2D eigenvalue weighted by Gasteiger charge is 2.35. The molecule has 0 spiro atoms. The van der Waals surface area contributed by atoms with Gasteiger partial charge in [-0.15, -0.1) is 0 Å². The Morgan fingerprint density at radius 2 is 1.93 bits per heavy atom. The van der Waals surface area contributed by atoms with Crippen LogP contribution in [0.15, 0.2) is 53.4 Å². The quantitative estimate of drug-likeness (QED) is 0.346. The topological polar surface area (TPSA) is 102 Å². The molecule has 142 valence electrons. The maximum atomic E-state index is 12.7. The highest BCUT2D eigenvalue weighted by Crippen LogP contribution is 2.33. The van der Waals surface area contributed by atoms with Gasteiger partial charge in [0.25, 0.3) is 17.5 Å². The second-order valence-corrected chi connectivity index (χ2v) is 7.15. The average Bonchev–Trinajstić information content (AvgIpc) is 2.95. The van der Waals surface area contributed by atoms with Crippen molar-refractivity contribution in [2.24, 2.45) is 0 Å². The zero-order valence-electron chi connectivity index (χ0n) is 14.4. The highest BCUT2D eigenvalue weighted by molar-refractivity contribution is 8.26. The van der Waals surface area contributed by atoms with Crippen LogP contribution in [0.5, 0.6) is 5.75 Å². The van der Waals surface area contributed by atoms with Crippen molar-refractivity contribution in [3.8, 4) is 5.75 Å². The van der Waals surface area contributed by atoms with Gasteiger partial charge in [-0.05, 0) is 30.4 Å². The van der Waals surface area contributed by atoms with E-state index in [-0.39, 0.29) is 20.5 Å². The van der Waals surface area contributed by atoms with E-state index in [4.69, 9.17) is 17.0 Å². The molecule has 1 aliphatic rings. The Balaban J connectivity index is 1.84. The molecule has 0 atom stereocenters. The number of nitrogens with zero attached hydrogens (tertiary/aromatic N) is 2. The number of thioether (sulfide) groups is 1. The molecular formula is C18H13N3O5S2. The fourth-order valence-electron chi connectivity index (χ4n) is 2.48. The first kappa shape index (κ1) is 19.5. The second-order valence-electron chi connectivity index (χ2n) is 5.47. The lowest BCUT2D eigenvalue weighted by molar-refractivity contribution is -0.385. The van der Waals surface area contributed by atoms with Gasteiger partial charge in [0, 0.05) is 11.6 Å². The summed E-state index contributed by atoms with van der Waals surface area (Å²) in [5.41, 5.74) is 2.48. The number of carbonyl (C=O) groups excluding carboxylic acids is 2. The van der Waals surface area contributed by atoms with Crippen molar-refractivity contribution < 1.29 is 19.2 Å². The molecule has 0 saturated carbocycles. The lowest BCUT2D eigenvalue weighted by Gasteiger charge is -2.15. The van der Waals surface area contributed by atoms with E-state index in [1.807, 2.05) is 0 Å². The van der Waals surface area contributed by atoms with Crippen molar-refractivity contribution in [1.82, 2.24) is 10.4 Å². The molecule has 3 rings (SSSR count). The van der Waals surface area contributed by atoms with Crippen LogP contribution in [-0.2, 0) is 4.79 Å². The predicted molar refractivity (Wildman–Crippen MR) is 109 cm³/mol. The summed E-state index contributed by atoms with van der Waals surface area (Å²) < 4.78 is 5.37. The van der Waals surface area contributed by atoms with Gasteiger partial charge in [0.2, 0.25) is 0 Å². The molecule has 1 saturated heterocycles. The monoisotopic (exact) mass is 415 g/mol. The number of methoxy groups -OCH3 is 1. The van der Waals surface area contributed by atoms with Crippen molar-refractivity contribution in [1.29, 1.82) is 0 Å². The molecule has 2 aromatic rings. The predicted octanol–water partition coefficient (Wildman–Crippen LogP) is 3.15. The lowest BCUT2D eigenvalue weighted by Crippen LogP contribution is -2.45. The standard InChI is InChI=1S/C18H13N3O5S2/c1-26-14-9-5-2-6-11(14)10-15-17(23)20(18(27)28-15)19-16(22)12-7-3-4-8-13(12)21(24)25/h2-10H,1H3,(H,19,22)/b15-10-. The summed E-state index contributed by atoms with van der Waals surface area (Å²) in [7, 11) is 1.52. The maximum Gasteiger partial charge on any atom is 0.285 e. The Bertz CT molecular complexity index is 1020. The van der Waals surface area contributed by atoms with Crippen molar-refractivity contribution in [2.45, 2.75) is 0 Å². The van der Waals surface area contributed by atoms with Crippen LogP contribution in [0.2, 0.25) is 0 Å². The van der Waals surface area contributed by atoms with Gasteiger partial charge in [-0.2, -0.15) is 5.01 Å². The van der Waals surface area contributed by atoms with Gasteiger partial charge in [0.15, 0.2) is 4.32 Å². The van der Waals surface area contributed by atoms with E-state index < -0.39 is 16.7 Å². The summed E-state index contributed by atoms with van der Waals surface area (Å²) >= 11 is 6.18. The largest absolute Gasteiger partial charge is 0.496 e. The van der Waals surface area contributed by atoms with Crippen LogP contribution in [0, 0.1) is 10.1 Å². The van der Waals surface area contributed by atoms with Crippen LogP contribution in [0.4, 0.5) is 5.69 Å². The first-order valence-corrected chi connectivity index (χ1v) is 9.10. The number of hydrazine groups is 1. The van der Waals surface area contributed by atoms with E-state index in [0.717, 1.165) is 16.8 Å². The zero-order valence-corrected chi connectivity index (χ0v) is 16.1. The van der Waals surface area contributed by atoms with Gasteiger partial charge < -0.3 is 4.74 Å². The molecule has 2 aromatic carbocycles. The van der Waals surface area contributed by atoms with Gasteiger partial charge in [-0.1, -0.05) is 42.1 Å². The van der Waals surface area contributed by atoms with Crippen molar-refractivity contribution in [2.75, 3.05) is 7.11 Å². The molecule has 1 fully saturated rings. The minimum atomic E-state index is -0.804. The maximum absolute atomic E-state index is 12.7. The summed E-state index contributed by atoms with van der Waals surface area (Å²) in [6.07, 6.45) is 1.61. The third-order valence-corrected chi connectivity index (χ3v) is 5.08. The Morgan fingerprint density at radius 1 is 1.25 bits per heavy atom. The first-order valence-electron chi connectivity index (χ1n) is 7.87. The van der Waals surface area contributed by atoms with E-state index in [1.165, 1.54) is 31.4 Å². The third kappa shape index (κ3) is 3.87. The van der Waals surface area contributed by atoms with E-state index >= 15 is 0 Å². The Labute approximate surface area is 169 Å². The molecule has 1 N–H and O–H groups in total. The molecule has 8 nitrogen and oxygen atoms in total. The van der Waals surface area contributed by atoms with E-state index in [0.29, 0.717) is 11.3 Å². The van der Waals surface area contributed by atoms with Crippen LogP contribution in [0.3, 0.4) is 0 Å². The summed E-state index contributed by atoms with van der Waals surface area (Å²) in [5.74, 6) is -0.758. The SMILES string of the molecule is COc1ccccc1/C=C1\SC(=S)N(NC(=O)c2ccccc2[N+](=O)[O-])C1=O. The number of amides is 2. The second kappa shape index (κ2) is 8.19. The molecule has 10 heteroatoms. The number of carbonyl (C=O) groups is 2. The van der Waals surface area contributed by atoms with Gasteiger partial charge in [0.05, 0.1) is 16.9 Å². The number of para-hydroxylation sites is 2. The van der Waals surface area contributed by atoms with E-state index in [2.05, 4.69) is 5.43 Å². The molecule has 0 radical (unpaired) electrons. The number of hydrogen-bond acceptors (Lipinski definition) is 7. The Kier molecular flexibility index (Phi) is 5.71. The fraction of sp³-hybridized carbons (Fsp3) is 0.0556. The lowest BCUT2D eigenvalue weighted by atomic mass is 10.1. The summed E-state index contributed by atoms with van der Waals surface area (Å²) in [6, 6.07) is 12.6. The fourth-order valence-corrected chi connectivity index (χ4v) is 3.65. The number of nitro benzene ring substituents is 1. The molecular weight excluding hydrogens is 402 g/mol. The number of thiocarbonyl (C=S) groups is 1. The van der Waals surface area contributed by atoms with E-state index in [1.54, 1.807) is 30.3 Å². The third-order valence-electron chi connectivity index (χ3n) is 3.78. The zero-order chi connectivity index (χ0) is 20.3. The highest BCUT2D eigenvalue weighted by atomic mass is 32.2. The number of ether oxygens (including phenoxy) is 1. The molecule has 0 aliphatic carbocycles. The van der Waals surface area contributed by atoms with Gasteiger partial charge in [0.1, 0.15) is 11.3 Å². The van der Waals surface area contributed by atoms with Crippen LogP contribution in [0.25, 0.3) is 6.08 Å². The molecule has 28 heavy (non-hydrogen) atoms. The number of nitro groups is 1. The van der Waals surface area contributed by atoms with Crippen molar-refractivity contribution in [3.05, 3.63) is 74.7 Å². The minimum absolute atomic E-state index is 0.109. The van der Waals surface area contributed by atoms with E-state index in [9.17, 15) is 19.7 Å². The summed E-state index contributed by atoms with van der Waals surface area (Å²) in [4.78, 5) is 35.9. The van der Waals surface area contributed by atoms with Gasteiger partial charge in [-0.25, -0.2) is 0 Å².